The van der Waals surface area contributed by atoms with E-state index in [0.717, 1.165) is 12.8 Å². The molecule has 0 amide bonds. The maximum Gasteiger partial charge on any atom is 0.305 e. The molecule has 0 aromatic heterocycles. The number of carbonyl (C=O) groups is 1. The second-order valence-corrected chi connectivity index (χ2v) is 5.72. The van der Waals surface area contributed by atoms with Crippen molar-refractivity contribution in [1.29, 1.82) is 0 Å². The van der Waals surface area contributed by atoms with Crippen molar-refractivity contribution in [1.82, 2.24) is 0 Å². The Morgan fingerprint density at radius 3 is 1.79 bits per heavy atom. The van der Waals surface area contributed by atoms with Crippen molar-refractivity contribution in [3.05, 3.63) is 0 Å². The van der Waals surface area contributed by atoms with Gasteiger partial charge in [0, 0.05) is 13.0 Å². The Kier molecular flexibility index (Phi) is 19.8. The van der Waals surface area contributed by atoms with E-state index in [1.807, 2.05) is 0 Å². The van der Waals surface area contributed by atoms with E-state index in [9.17, 15) is 4.79 Å². The molecule has 0 aliphatic heterocycles. The van der Waals surface area contributed by atoms with E-state index in [1.165, 1.54) is 32.1 Å². The molecule has 0 unspecified atom stereocenters. The van der Waals surface area contributed by atoms with E-state index >= 15 is 0 Å². The Morgan fingerprint density at radius 1 is 0.708 bits per heavy atom. The first-order chi connectivity index (χ1) is 11.8. The largest absolute Gasteiger partial charge is 0.463 e. The number of ether oxygens (including phenoxy) is 4. The molecule has 0 heterocycles. The van der Waals surface area contributed by atoms with Crippen molar-refractivity contribution in [2.24, 2.45) is 5.73 Å². The van der Waals surface area contributed by atoms with E-state index in [4.69, 9.17) is 24.7 Å². The molecule has 0 aliphatic carbocycles. The maximum atomic E-state index is 11.5. The topological polar surface area (TPSA) is 80.0 Å². The zero-order valence-corrected chi connectivity index (χ0v) is 15.4. The van der Waals surface area contributed by atoms with Crippen LogP contribution in [0, 0.1) is 0 Å². The summed E-state index contributed by atoms with van der Waals surface area (Å²) in [6, 6.07) is 0. The molecule has 6 nitrogen and oxygen atoms in total. The fourth-order valence-corrected chi connectivity index (χ4v) is 2.14. The molecule has 0 rings (SSSR count). The fraction of sp³-hybridized carbons (Fsp3) is 0.944. The van der Waals surface area contributed by atoms with Gasteiger partial charge in [-0.05, 0) is 6.42 Å². The molecule has 0 atom stereocenters. The minimum absolute atomic E-state index is 0.125. The molecule has 0 aliphatic rings. The van der Waals surface area contributed by atoms with Crippen LogP contribution in [0.2, 0.25) is 0 Å². The summed E-state index contributed by atoms with van der Waals surface area (Å²) in [5, 5.41) is 0. The Bertz CT molecular complexity index is 264. The monoisotopic (exact) mass is 347 g/mol. The molecule has 0 aromatic rings. The Balaban J connectivity index is 3.12. The van der Waals surface area contributed by atoms with Gasteiger partial charge in [-0.2, -0.15) is 0 Å². The summed E-state index contributed by atoms with van der Waals surface area (Å²) in [5.74, 6) is -0.125. The van der Waals surface area contributed by atoms with E-state index in [1.54, 1.807) is 0 Å². The summed E-state index contributed by atoms with van der Waals surface area (Å²) in [6.07, 6.45) is 8.93. The highest BCUT2D eigenvalue weighted by molar-refractivity contribution is 5.69. The molecular weight excluding hydrogens is 310 g/mol. The minimum Gasteiger partial charge on any atom is -0.463 e. The van der Waals surface area contributed by atoms with Gasteiger partial charge >= 0.3 is 5.97 Å². The van der Waals surface area contributed by atoms with Crippen LogP contribution in [-0.4, -0.2) is 58.8 Å². The number of carbonyl (C=O) groups excluding carboxylic acids is 1. The molecule has 0 saturated heterocycles. The lowest BCUT2D eigenvalue weighted by atomic mass is 10.1. The number of unbranched alkanes of at least 4 members (excludes halogenated alkanes) is 6. The van der Waals surface area contributed by atoms with Crippen LogP contribution in [0.25, 0.3) is 0 Å². The number of esters is 1. The van der Waals surface area contributed by atoms with Gasteiger partial charge in [0.2, 0.25) is 0 Å². The van der Waals surface area contributed by atoms with Gasteiger partial charge in [-0.25, -0.2) is 0 Å². The highest BCUT2D eigenvalue weighted by Gasteiger charge is 2.02. The highest BCUT2D eigenvalue weighted by atomic mass is 16.6. The lowest BCUT2D eigenvalue weighted by Gasteiger charge is -2.07. The summed E-state index contributed by atoms with van der Waals surface area (Å²) in [6.45, 7) is 6.12. The van der Waals surface area contributed by atoms with Crippen molar-refractivity contribution >= 4 is 5.97 Å². The number of hydrogen-bond acceptors (Lipinski definition) is 6. The highest BCUT2D eigenvalue weighted by Crippen LogP contribution is 2.08. The first-order valence-corrected chi connectivity index (χ1v) is 9.40. The molecule has 24 heavy (non-hydrogen) atoms. The summed E-state index contributed by atoms with van der Waals surface area (Å²) < 4.78 is 20.9. The van der Waals surface area contributed by atoms with Crippen LogP contribution in [-0.2, 0) is 23.7 Å². The molecule has 0 spiro atoms. The predicted octanol–water partition coefficient (Wildman–Crippen LogP) is 2.68. The smallest absolute Gasteiger partial charge is 0.305 e. The van der Waals surface area contributed by atoms with Crippen LogP contribution < -0.4 is 5.73 Å². The lowest BCUT2D eigenvalue weighted by molar-refractivity contribution is -0.145. The third-order valence-corrected chi connectivity index (χ3v) is 3.48. The Morgan fingerprint density at radius 2 is 1.21 bits per heavy atom. The summed E-state index contributed by atoms with van der Waals surface area (Å²) in [4.78, 5) is 11.5. The molecule has 0 bridgehead atoms. The van der Waals surface area contributed by atoms with E-state index < -0.39 is 0 Å². The predicted molar refractivity (Wildman–Crippen MR) is 95.1 cm³/mol. The van der Waals surface area contributed by atoms with Gasteiger partial charge in [0.1, 0.15) is 6.61 Å². The second-order valence-electron chi connectivity index (χ2n) is 5.72. The van der Waals surface area contributed by atoms with Crippen molar-refractivity contribution in [2.45, 2.75) is 58.3 Å². The van der Waals surface area contributed by atoms with Crippen molar-refractivity contribution in [2.75, 3.05) is 52.8 Å². The Labute approximate surface area is 147 Å². The average molecular weight is 347 g/mol. The summed E-state index contributed by atoms with van der Waals surface area (Å²) in [5.41, 5.74) is 5.29. The minimum atomic E-state index is -0.125. The van der Waals surface area contributed by atoms with Gasteiger partial charge in [0.05, 0.1) is 39.6 Å². The third-order valence-electron chi connectivity index (χ3n) is 3.48. The molecule has 0 radical (unpaired) electrons. The Hall–Kier alpha value is -0.690. The van der Waals surface area contributed by atoms with Crippen molar-refractivity contribution in [3.8, 4) is 0 Å². The summed E-state index contributed by atoms with van der Waals surface area (Å²) in [7, 11) is 0. The molecule has 0 aromatic carbocycles. The van der Waals surface area contributed by atoms with E-state index in [2.05, 4.69) is 6.92 Å². The van der Waals surface area contributed by atoms with Crippen LogP contribution >= 0.6 is 0 Å². The quantitative estimate of drug-likeness (QED) is 0.286. The van der Waals surface area contributed by atoms with Crippen LogP contribution in [0.15, 0.2) is 0 Å². The fourth-order valence-electron chi connectivity index (χ4n) is 2.14. The second kappa shape index (κ2) is 20.4. The molecule has 6 heteroatoms. The van der Waals surface area contributed by atoms with Gasteiger partial charge in [-0.3, -0.25) is 4.79 Å². The number of rotatable bonds is 19. The van der Waals surface area contributed by atoms with Gasteiger partial charge in [-0.1, -0.05) is 45.4 Å². The molecule has 2 N–H and O–H groups in total. The first kappa shape index (κ1) is 23.3. The average Bonchev–Trinajstić information content (AvgIpc) is 2.59. The zero-order chi connectivity index (χ0) is 17.7. The molecule has 144 valence electrons. The van der Waals surface area contributed by atoms with Crippen molar-refractivity contribution in [3.63, 3.8) is 0 Å². The molecule has 0 saturated carbocycles. The van der Waals surface area contributed by atoms with E-state index in [0.29, 0.717) is 59.2 Å². The zero-order valence-electron chi connectivity index (χ0n) is 15.4. The van der Waals surface area contributed by atoms with Gasteiger partial charge in [0.15, 0.2) is 0 Å². The van der Waals surface area contributed by atoms with Crippen LogP contribution in [0.3, 0.4) is 0 Å². The maximum absolute atomic E-state index is 11.5. The van der Waals surface area contributed by atoms with Gasteiger partial charge in [-0.15, -0.1) is 0 Å². The number of nitrogens with two attached hydrogens (primary N) is 1. The summed E-state index contributed by atoms with van der Waals surface area (Å²) >= 11 is 0. The SMILES string of the molecule is CCCCCCCCCC(=O)OCCOCCOCCOCCN. The standard InChI is InChI=1S/C18H37NO5/c1-2-3-4-5-6-7-8-9-18(20)24-17-16-23-15-14-22-13-12-21-11-10-19/h2-17,19H2,1H3. The van der Waals surface area contributed by atoms with Gasteiger partial charge in [0.25, 0.3) is 0 Å². The molecular formula is C18H37NO5. The van der Waals surface area contributed by atoms with Crippen LogP contribution in [0.4, 0.5) is 0 Å². The number of hydrogen-bond donors (Lipinski definition) is 1. The lowest BCUT2D eigenvalue weighted by Crippen LogP contribution is -2.15. The molecule has 0 fully saturated rings. The van der Waals surface area contributed by atoms with Crippen LogP contribution in [0.1, 0.15) is 58.3 Å². The van der Waals surface area contributed by atoms with Crippen molar-refractivity contribution < 1.29 is 23.7 Å². The van der Waals surface area contributed by atoms with Gasteiger partial charge < -0.3 is 24.7 Å². The van der Waals surface area contributed by atoms with E-state index in [-0.39, 0.29) is 5.97 Å². The first-order valence-electron chi connectivity index (χ1n) is 9.40. The normalized spacial score (nSPS) is 10.9. The third kappa shape index (κ3) is 19.4. The van der Waals surface area contributed by atoms with Crippen LogP contribution in [0.5, 0.6) is 0 Å².